The number of rotatable bonds is 6. The van der Waals surface area contributed by atoms with Crippen molar-refractivity contribution in [3.05, 3.63) is 28.8 Å². The van der Waals surface area contributed by atoms with E-state index in [9.17, 15) is 0 Å². The molecule has 0 saturated carbocycles. The minimum atomic E-state index is 0.499. The van der Waals surface area contributed by atoms with Crippen molar-refractivity contribution >= 4 is 23.2 Å². The van der Waals surface area contributed by atoms with E-state index in [4.69, 9.17) is 27.9 Å². The molecule has 0 spiro atoms. The van der Waals surface area contributed by atoms with Crippen LogP contribution in [0.1, 0.15) is 25.3 Å². The number of benzene rings is 1. The summed E-state index contributed by atoms with van der Waals surface area (Å²) in [4.78, 5) is 0. The van der Waals surface area contributed by atoms with Crippen molar-refractivity contribution in [2.75, 3.05) is 13.0 Å². The summed E-state index contributed by atoms with van der Waals surface area (Å²) in [6.07, 6.45) is 3.22. The second kappa shape index (κ2) is 7.03. The molecule has 0 aromatic heterocycles. The Morgan fingerprint density at radius 2 is 2.12 bits per heavy atom. The van der Waals surface area contributed by atoms with Crippen LogP contribution in [-0.2, 0) is 6.42 Å². The lowest BCUT2D eigenvalue weighted by Gasteiger charge is -2.15. The van der Waals surface area contributed by atoms with Crippen LogP contribution in [0.5, 0.6) is 5.75 Å². The van der Waals surface area contributed by atoms with Crippen LogP contribution < -0.4 is 4.74 Å². The summed E-state index contributed by atoms with van der Waals surface area (Å²) in [5.41, 5.74) is 1.15. The van der Waals surface area contributed by atoms with Crippen LogP contribution in [-0.4, -0.2) is 13.0 Å². The summed E-state index contributed by atoms with van der Waals surface area (Å²) in [6, 6.07) is 5.73. The van der Waals surface area contributed by atoms with Gasteiger partial charge in [-0.25, -0.2) is 0 Å². The van der Waals surface area contributed by atoms with Crippen LogP contribution in [0.2, 0.25) is 5.02 Å². The Balaban J connectivity index is 2.80. The number of halogens is 2. The number of alkyl halides is 1. The zero-order chi connectivity index (χ0) is 12.0. The molecule has 1 aromatic carbocycles. The smallest absolute Gasteiger partial charge is 0.122 e. The normalized spacial score (nSPS) is 12.5. The largest absolute Gasteiger partial charge is 0.496 e. The van der Waals surface area contributed by atoms with Crippen molar-refractivity contribution in [1.29, 1.82) is 0 Å². The molecular weight excluding hydrogens is 243 g/mol. The highest BCUT2D eigenvalue weighted by Crippen LogP contribution is 2.26. The third-order valence-electron chi connectivity index (χ3n) is 2.67. The molecule has 0 aliphatic rings. The first kappa shape index (κ1) is 13.7. The monoisotopic (exact) mass is 260 g/mol. The lowest BCUT2D eigenvalue weighted by Crippen LogP contribution is -2.07. The first-order valence-electron chi connectivity index (χ1n) is 5.59. The molecule has 1 atom stereocenters. The Bertz CT molecular complexity index is 326. The Morgan fingerprint density at radius 1 is 1.38 bits per heavy atom. The summed E-state index contributed by atoms with van der Waals surface area (Å²) in [7, 11) is 1.68. The predicted octanol–water partition coefficient (Wildman–Crippen LogP) is 4.55. The van der Waals surface area contributed by atoms with Crippen LogP contribution in [0.15, 0.2) is 18.2 Å². The lowest BCUT2D eigenvalue weighted by atomic mass is 9.96. The highest BCUT2D eigenvalue weighted by molar-refractivity contribution is 6.30. The highest BCUT2D eigenvalue weighted by atomic mass is 35.5. The fourth-order valence-electron chi connectivity index (χ4n) is 1.86. The van der Waals surface area contributed by atoms with Crippen molar-refractivity contribution in [3.8, 4) is 5.75 Å². The van der Waals surface area contributed by atoms with E-state index in [0.717, 1.165) is 35.6 Å². The number of ether oxygens (including phenoxy) is 1. The summed E-state index contributed by atoms with van der Waals surface area (Å²) < 4.78 is 5.32. The van der Waals surface area contributed by atoms with Gasteiger partial charge in [0.25, 0.3) is 0 Å². The summed E-state index contributed by atoms with van der Waals surface area (Å²) in [6.45, 7) is 2.18. The first-order valence-corrected chi connectivity index (χ1v) is 6.50. The third-order valence-corrected chi connectivity index (χ3v) is 3.34. The van der Waals surface area contributed by atoms with Gasteiger partial charge in [-0.2, -0.15) is 0 Å². The molecule has 0 N–H and O–H groups in total. The number of hydrogen-bond acceptors (Lipinski definition) is 1. The Kier molecular flexibility index (Phi) is 6.00. The van der Waals surface area contributed by atoms with Gasteiger partial charge in [-0.1, -0.05) is 24.9 Å². The van der Waals surface area contributed by atoms with Gasteiger partial charge in [-0.15, -0.1) is 11.6 Å². The second-order valence-electron chi connectivity index (χ2n) is 3.97. The first-order chi connectivity index (χ1) is 7.71. The minimum absolute atomic E-state index is 0.499. The molecule has 0 amide bonds. The summed E-state index contributed by atoms with van der Waals surface area (Å²) in [5.74, 6) is 2.08. The summed E-state index contributed by atoms with van der Waals surface area (Å²) in [5, 5.41) is 0.751. The van der Waals surface area contributed by atoms with Crippen LogP contribution in [0.4, 0.5) is 0 Å². The Labute approximate surface area is 108 Å². The predicted molar refractivity (Wildman–Crippen MR) is 70.8 cm³/mol. The molecule has 0 aliphatic carbocycles. The third kappa shape index (κ3) is 3.88. The zero-order valence-electron chi connectivity index (χ0n) is 9.80. The van der Waals surface area contributed by atoms with Crippen LogP contribution in [0.3, 0.4) is 0 Å². The maximum absolute atomic E-state index is 5.99. The SMILES string of the molecule is CCCC(CCl)Cc1cc(Cl)ccc1OC. The Morgan fingerprint density at radius 3 is 2.69 bits per heavy atom. The van der Waals surface area contributed by atoms with E-state index < -0.39 is 0 Å². The molecule has 16 heavy (non-hydrogen) atoms. The molecule has 1 aromatic rings. The van der Waals surface area contributed by atoms with Gasteiger partial charge in [0, 0.05) is 10.9 Å². The molecule has 0 saturated heterocycles. The van der Waals surface area contributed by atoms with E-state index in [-0.39, 0.29) is 0 Å². The van der Waals surface area contributed by atoms with Gasteiger partial charge in [0.05, 0.1) is 7.11 Å². The molecule has 1 rings (SSSR count). The molecule has 0 heterocycles. The molecule has 0 radical (unpaired) electrons. The molecule has 1 nitrogen and oxygen atoms in total. The van der Waals surface area contributed by atoms with E-state index in [1.165, 1.54) is 0 Å². The van der Waals surface area contributed by atoms with E-state index in [2.05, 4.69) is 6.92 Å². The molecule has 1 unspecified atom stereocenters. The highest BCUT2D eigenvalue weighted by Gasteiger charge is 2.11. The van der Waals surface area contributed by atoms with Gasteiger partial charge in [0.1, 0.15) is 5.75 Å². The lowest BCUT2D eigenvalue weighted by molar-refractivity contribution is 0.404. The standard InChI is InChI=1S/C13H18Cl2O/c1-3-4-10(9-14)7-11-8-12(15)5-6-13(11)16-2/h5-6,8,10H,3-4,7,9H2,1-2H3. The van der Waals surface area contributed by atoms with Crippen molar-refractivity contribution < 1.29 is 4.74 Å². The van der Waals surface area contributed by atoms with Gasteiger partial charge < -0.3 is 4.74 Å². The van der Waals surface area contributed by atoms with Crippen molar-refractivity contribution in [2.24, 2.45) is 5.92 Å². The van der Waals surface area contributed by atoms with Gasteiger partial charge in [0.2, 0.25) is 0 Å². The van der Waals surface area contributed by atoms with E-state index in [0.29, 0.717) is 11.8 Å². The molecule has 0 aliphatic heterocycles. The zero-order valence-corrected chi connectivity index (χ0v) is 11.3. The van der Waals surface area contributed by atoms with E-state index in [1.807, 2.05) is 18.2 Å². The summed E-state index contributed by atoms with van der Waals surface area (Å²) >= 11 is 11.9. The molecule has 0 fully saturated rings. The molecule has 90 valence electrons. The van der Waals surface area contributed by atoms with Crippen LogP contribution in [0.25, 0.3) is 0 Å². The van der Waals surface area contributed by atoms with Crippen molar-refractivity contribution in [2.45, 2.75) is 26.2 Å². The topological polar surface area (TPSA) is 9.23 Å². The maximum Gasteiger partial charge on any atom is 0.122 e. The molecule has 3 heteroatoms. The quantitative estimate of drug-likeness (QED) is 0.683. The molecule has 0 bridgehead atoms. The van der Waals surface area contributed by atoms with Crippen molar-refractivity contribution in [3.63, 3.8) is 0 Å². The van der Waals surface area contributed by atoms with Gasteiger partial charge in [0.15, 0.2) is 0 Å². The van der Waals surface area contributed by atoms with Crippen LogP contribution in [0, 0.1) is 5.92 Å². The fourth-order valence-corrected chi connectivity index (χ4v) is 2.32. The average Bonchev–Trinajstić information content (AvgIpc) is 2.29. The van der Waals surface area contributed by atoms with E-state index >= 15 is 0 Å². The van der Waals surface area contributed by atoms with Gasteiger partial charge >= 0.3 is 0 Å². The number of hydrogen-bond donors (Lipinski definition) is 0. The fraction of sp³-hybridized carbons (Fsp3) is 0.538. The number of methoxy groups -OCH3 is 1. The van der Waals surface area contributed by atoms with Gasteiger partial charge in [-0.05, 0) is 42.5 Å². The van der Waals surface area contributed by atoms with Crippen LogP contribution >= 0.6 is 23.2 Å². The van der Waals surface area contributed by atoms with Crippen molar-refractivity contribution in [1.82, 2.24) is 0 Å². The molecular formula is C13H18Cl2O. The minimum Gasteiger partial charge on any atom is -0.496 e. The average molecular weight is 261 g/mol. The van der Waals surface area contributed by atoms with E-state index in [1.54, 1.807) is 7.11 Å². The Hall–Kier alpha value is -0.400. The van der Waals surface area contributed by atoms with Gasteiger partial charge in [-0.3, -0.25) is 0 Å². The second-order valence-corrected chi connectivity index (χ2v) is 4.71. The maximum atomic E-state index is 5.99.